The lowest BCUT2D eigenvalue weighted by Gasteiger charge is -2.15. The van der Waals surface area contributed by atoms with Crippen LogP contribution in [0.15, 0.2) is 48.5 Å². The summed E-state index contributed by atoms with van der Waals surface area (Å²) in [5.41, 5.74) is 0.341. The molecule has 2 aromatic rings. The number of para-hydroxylation sites is 2. The molecule has 0 fully saturated rings. The summed E-state index contributed by atoms with van der Waals surface area (Å²) < 4.78 is 29.0. The van der Waals surface area contributed by atoms with E-state index in [0.717, 1.165) is 0 Å². The summed E-state index contributed by atoms with van der Waals surface area (Å²) in [5.74, 6) is -0.274. The zero-order valence-corrected chi connectivity index (χ0v) is 16.4. The quantitative estimate of drug-likeness (QED) is 0.642. The average molecular weight is 418 g/mol. The third kappa shape index (κ3) is 6.49. The predicted molar refractivity (Wildman–Crippen MR) is 103 cm³/mol. The topological polar surface area (TPSA) is 76.9 Å². The van der Waals surface area contributed by atoms with Gasteiger partial charge in [0.1, 0.15) is 11.5 Å². The Hall–Kier alpha value is -1.80. The van der Waals surface area contributed by atoms with Crippen molar-refractivity contribution in [1.29, 1.82) is 0 Å². The highest BCUT2D eigenvalue weighted by Crippen LogP contribution is 2.29. The van der Waals surface area contributed by atoms with E-state index in [1.807, 2.05) is 0 Å². The van der Waals surface area contributed by atoms with Gasteiger partial charge in [-0.25, -0.2) is 0 Å². The maximum absolute atomic E-state index is 12.1. The Morgan fingerprint density at radius 1 is 1.08 bits per heavy atom. The van der Waals surface area contributed by atoms with Gasteiger partial charge in [-0.1, -0.05) is 47.5 Å². The minimum atomic E-state index is -3.73. The summed E-state index contributed by atoms with van der Waals surface area (Å²) in [5, 5.41) is 3.31. The number of quaternary nitrogens is 1. The zero-order chi connectivity index (χ0) is 19.2. The summed E-state index contributed by atoms with van der Waals surface area (Å²) >= 11 is 12.0. The van der Waals surface area contributed by atoms with Gasteiger partial charge in [-0.3, -0.25) is 4.79 Å². The fourth-order valence-electron chi connectivity index (χ4n) is 2.13. The van der Waals surface area contributed by atoms with Crippen LogP contribution in [0, 0.1) is 0 Å². The van der Waals surface area contributed by atoms with E-state index in [2.05, 4.69) is 5.32 Å². The number of carbonyl (C=O) groups is 1. The second-order valence-corrected chi connectivity index (χ2v) is 8.19. The van der Waals surface area contributed by atoms with Crippen molar-refractivity contribution in [2.45, 2.75) is 0 Å². The molecule has 2 N–H and O–H groups in total. The van der Waals surface area contributed by atoms with Crippen LogP contribution in [0.2, 0.25) is 10.0 Å². The van der Waals surface area contributed by atoms with Gasteiger partial charge in [0.05, 0.1) is 29.3 Å². The van der Waals surface area contributed by atoms with E-state index >= 15 is 0 Å². The number of benzene rings is 2. The molecule has 0 radical (unpaired) electrons. The van der Waals surface area contributed by atoms with Crippen molar-refractivity contribution in [3.63, 3.8) is 0 Å². The van der Waals surface area contributed by atoms with Crippen molar-refractivity contribution in [2.75, 3.05) is 31.2 Å². The molecule has 0 heterocycles. The van der Waals surface area contributed by atoms with Crippen LogP contribution in [0.1, 0.15) is 0 Å². The second kappa shape index (κ2) is 9.23. The fraction of sp³-hybridized carbons (Fsp3) is 0.235. The zero-order valence-electron chi connectivity index (χ0n) is 14.0. The van der Waals surface area contributed by atoms with Crippen LogP contribution in [-0.4, -0.2) is 40.2 Å². The molecule has 26 heavy (non-hydrogen) atoms. The SMILES string of the molecule is C[NH+](CCS(=O)(=O)Oc1ccccc1)CC(=O)Nc1c(Cl)cccc1Cl. The summed E-state index contributed by atoms with van der Waals surface area (Å²) in [4.78, 5) is 12.8. The van der Waals surface area contributed by atoms with Gasteiger partial charge >= 0.3 is 10.1 Å². The first kappa shape index (κ1) is 20.5. The normalized spacial score (nSPS) is 12.4. The Balaban J connectivity index is 1.84. The molecule has 6 nitrogen and oxygen atoms in total. The molecule has 0 aliphatic carbocycles. The minimum Gasteiger partial charge on any atom is -0.382 e. The predicted octanol–water partition coefficient (Wildman–Crippen LogP) is 1.86. The molecule has 0 bridgehead atoms. The number of halogens is 2. The number of carbonyl (C=O) groups excluding carboxylic acids is 1. The van der Waals surface area contributed by atoms with E-state index in [9.17, 15) is 13.2 Å². The third-order valence-electron chi connectivity index (χ3n) is 3.43. The first-order valence-electron chi connectivity index (χ1n) is 7.79. The molecule has 0 aromatic heterocycles. The molecular formula is C17H19Cl2N2O4S+. The summed E-state index contributed by atoms with van der Waals surface area (Å²) in [7, 11) is -2.02. The highest BCUT2D eigenvalue weighted by atomic mass is 35.5. The maximum Gasteiger partial charge on any atom is 0.314 e. The Kier molecular flexibility index (Phi) is 7.28. The van der Waals surface area contributed by atoms with E-state index in [4.69, 9.17) is 27.4 Å². The number of anilines is 1. The monoisotopic (exact) mass is 417 g/mol. The molecule has 0 aliphatic rings. The number of amides is 1. The Bertz CT molecular complexity index is 840. The van der Waals surface area contributed by atoms with Gasteiger partial charge in [0, 0.05) is 0 Å². The number of nitrogens with one attached hydrogen (secondary N) is 2. The van der Waals surface area contributed by atoms with Crippen molar-refractivity contribution in [3.8, 4) is 5.75 Å². The second-order valence-electron chi connectivity index (χ2n) is 5.69. The Morgan fingerprint density at radius 3 is 2.31 bits per heavy atom. The number of hydrogen-bond acceptors (Lipinski definition) is 4. The van der Waals surface area contributed by atoms with Gasteiger partial charge in [0.15, 0.2) is 6.54 Å². The van der Waals surface area contributed by atoms with E-state index < -0.39 is 10.1 Å². The third-order valence-corrected chi connectivity index (χ3v) is 5.22. The molecule has 1 amide bonds. The Labute approximate surface area is 162 Å². The van der Waals surface area contributed by atoms with Crippen molar-refractivity contribution in [2.24, 2.45) is 0 Å². The van der Waals surface area contributed by atoms with Gasteiger partial charge in [-0.2, -0.15) is 8.42 Å². The van der Waals surface area contributed by atoms with Crippen molar-refractivity contribution in [3.05, 3.63) is 58.6 Å². The van der Waals surface area contributed by atoms with Crippen LogP contribution in [0.3, 0.4) is 0 Å². The smallest absolute Gasteiger partial charge is 0.314 e. The number of hydrogen-bond donors (Lipinski definition) is 2. The van der Waals surface area contributed by atoms with E-state index in [1.54, 1.807) is 55.6 Å². The molecule has 0 spiro atoms. The molecule has 0 saturated heterocycles. The van der Waals surface area contributed by atoms with E-state index in [0.29, 0.717) is 20.6 Å². The molecule has 0 aliphatic heterocycles. The molecule has 9 heteroatoms. The summed E-state index contributed by atoms with van der Waals surface area (Å²) in [6.45, 7) is 0.265. The van der Waals surface area contributed by atoms with Gasteiger partial charge in [0.25, 0.3) is 5.91 Å². The lowest BCUT2D eigenvalue weighted by Crippen LogP contribution is -3.10. The van der Waals surface area contributed by atoms with Crippen LogP contribution in [-0.2, 0) is 14.9 Å². The first-order valence-corrected chi connectivity index (χ1v) is 10.1. The lowest BCUT2D eigenvalue weighted by molar-refractivity contribution is -0.868. The van der Waals surface area contributed by atoms with E-state index in [1.165, 1.54) is 0 Å². The standard InChI is InChI=1S/C17H18Cl2N2O4S/c1-21(10-11-26(23,24)25-13-6-3-2-4-7-13)12-16(22)20-17-14(18)8-5-9-15(17)19/h2-9H,10-12H2,1H3,(H,20,22)/p+1. The molecule has 1 unspecified atom stereocenters. The fourth-order valence-corrected chi connectivity index (χ4v) is 3.70. The lowest BCUT2D eigenvalue weighted by atomic mass is 10.3. The van der Waals surface area contributed by atoms with Crippen molar-refractivity contribution < 1.29 is 22.3 Å². The molecular weight excluding hydrogens is 399 g/mol. The average Bonchev–Trinajstić information content (AvgIpc) is 2.57. The van der Waals surface area contributed by atoms with Crippen LogP contribution < -0.4 is 14.4 Å². The first-order chi connectivity index (χ1) is 12.3. The maximum atomic E-state index is 12.1. The number of likely N-dealkylation sites (N-methyl/N-ethyl adjacent to an activating group) is 1. The molecule has 1 atom stereocenters. The van der Waals surface area contributed by atoms with Crippen LogP contribution >= 0.6 is 23.2 Å². The van der Waals surface area contributed by atoms with Gasteiger partial charge in [-0.15, -0.1) is 0 Å². The molecule has 0 saturated carbocycles. The van der Waals surface area contributed by atoms with Crippen molar-refractivity contribution >= 4 is 44.9 Å². The van der Waals surface area contributed by atoms with Crippen LogP contribution in [0.4, 0.5) is 5.69 Å². The minimum absolute atomic E-state index is 0.0579. The molecule has 2 aromatic carbocycles. The highest BCUT2D eigenvalue weighted by molar-refractivity contribution is 7.87. The van der Waals surface area contributed by atoms with E-state index in [-0.39, 0.29) is 30.5 Å². The van der Waals surface area contributed by atoms with Gasteiger partial charge < -0.3 is 14.4 Å². The highest BCUT2D eigenvalue weighted by Gasteiger charge is 2.18. The molecule has 140 valence electrons. The van der Waals surface area contributed by atoms with Crippen LogP contribution in [0.25, 0.3) is 0 Å². The van der Waals surface area contributed by atoms with Gasteiger partial charge in [0.2, 0.25) is 0 Å². The molecule has 2 rings (SSSR count). The van der Waals surface area contributed by atoms with Gasteiger partial charge in [-0.05, 0) is 24.3 Å². The largest absolute Gasteiger partial charge is 0.382 e. The van der Waals surface area contributed by atoms with Crippen molar-refractivity contribution in [1.82, 2.24) is 0 Å². The summed E-state index contributed by atoms with van der Waals surface area (Å²) in [6.07, 6.45) is 0. The summed E-state index contributed by atoms with van der Waals surface area (Å²) in [6, 6.07) is 13.2. The Morgan fingerprint density at radius 2 is 1.69 bits per heavy atom. The van der Waals surface area contributed by atoms with Crippen LogP contribution in [0.5, 0.6) is 5.75 Å². The number of rotatable bonds is 8.